The van der Waals surface area contributed by atoms with E-state index in [1.54, 1.807) is 6.26 Å². The van der Waals surface area contributed by atoms with E-state index < -0.39 is 0 Å². The fourth-order valence-corrected chi connectivity index (χ4v) is 6.64. The summed E-state index contributed by atoms with van der Waals surface area (Å²) >= 11 is 3.95. The minimum atomic E-state index is -0.125. The monoisotopic (exact) mass is 337 g/mol. The van der Waals surface area contributed by atoms with Gasteiger partial charge < -0.3 is 9.73 Å². The van der Waals surface area contributed by atoms with Crippen LogP contribution in [0, 0.1) is 17.3 Å². The van der Waals surface area contributed by atoms with E-state index in [0.717, 1.165) is 36.9 Å². The van der Waals surface area contributed by atoms with Crippen LogP contribution in [0.2, 0.25) is 0 Å². The Labute approximate surface area is 127 Å². The summed E-state index contributed by atoms with van der Waals surface area (Å²) in [5.74, 6) is 2.55. The SMILES string of the molecule is O=C(NCc1ccco1)C12C[C@@H]3C[C@@H](CC(Br)(C3)C1)C2. The van der Waals surface area contributed by atoms with Gasteiger partial charge in [0.2, 0.25) is 5.91 Å². The van der Waals surface area contributed by atoms with Crippen molar-refractivity contribution in [1.29, 1.82) is 0 Å². The van der Waals surface area contributed by atoms with Gasteiger partial charge in [0.25, 0.3) is 0 Å². The molecule has 5 rings (SSSR count). The molecule has 1 aromatic heterocycles. The first kappa shape index (κ1) is 12.9. The molecule has 108 valence electrons. The minimum Gasteiger partial charge on any atom is -0.467 e. The number of hydrogen-bond donors (Lipinski definition) is 1. The summed E-state index contributed by atoms with van der Waals surface area (Å²) in [4.78, 5) is 12.8. The number of carbonyl (C=O) groups excluding carboxylic acids is 1. The zero-order chi connectivity index (χ0) is 13.8. The third-order valence-electron chi connectivity index (χ3n) is 5.47. The zero-order valence-corrected chi connectivity index (χ0v) is 13.1. The second-order valence-corrected chi connectivity index (χ2v) is 8.84. The topological polar surface area (TPSA) is 42.2 Å². The van der Waals surface area contributed by atoms with Crippen LogP contribution in [-0.2, 0) is 11.3 Å². The summed E-state index contributed by atoms with van der Waals surface area (Å²) in [7, 11) is 0. The number of alkyl halides is 1. The molecule has 0 aromatic carbocycles. The van der Waals surface area contributed by atoms with Crippen LogP contribution in [0.1, 0.15) is 44.3 Å². The van der Waals surface area contributed by atoms with Crippen molar-refractivity contribution in [2.75, 3.05) is 0 Å². The largest absolute Gasteiger partial charge is 0.467 e. The highest BCUT2D eigenvalue weighted by Crippen LogP contribution is 2.64. The van der Waals surface area contributed by atoms with Gasteiger partial charge in [0.05, 0.1) is 18.2 Å². The van der Waals surface area contributed by atoms with Gasteiger partial charge in [-0.25, -0.2) is 0 Å². The van der Waals surface area contributed by atoms with Gasteiger partial charge in [0, 0.05) is 4.32 Å². The second-order valence-electron chi connectivity index (χ2n) is 7.15. The molecule has 4 aliphatic carbocycles. The van der Waals surface area contributed by atoms with E-state index in [0.29, 0.717) is 6.54 Å². The summed E-state index contributed by atoms with van der Waals surface area (Å²) < 4.78 is 5.53. The molecule has 0 spiro atoms. The third kappa shape index (κ3) is 2.03. The molecule has 0 aliphatic heterocycles. The van der Waals surface area contributed by atoms with Crippen molar-refractivity contribution in [3.05, 3.63) is 24.2 Å². The maximum Gasteiger partial charge on any atom is 0.226 e. The van der Waals surface area contributed by atoms with Crippen LogP contribution >= 0.6 is 15.9 Å². The molecule has 4 heteroatoms. The lowest BCUT2D eigenvalue weighted by atomic mass is 9.49. The van der Waals surface area contributed by atoms with Crippen LogP contribution in [0.5, 0.6) is 0 Å². The third-order valence-corrected chi connectivity index (χ3v) is 6.40. The predicted molar refractivity (Wildman–Crippen MR) is 79.3 cm³/mol. The Morgan fingerprint density at radius 3 is 2.70 bits per heavy atom. The lowest BCUT2D eigenvalue weighted by molar-refractivity contribution is -0.144. The average Bonchev–Trinajstić information content (AvgIpc) is 2.85. The lowest BCUT2D eigenvalue weighted by Gasteiger charge is -2.59. The zero-order valence-electron chi connectivity index (χ0n) is 11.5. The number of hydrogen-bond acceptors (Lipinski definition) is 2. The van der Waals surface area contributed by atoms with Crippen LogP contribution in [0.3, 0.4) is 0 Å². The quantitative estimate of drug-likeness (QED) is 0.855. The Bertz CT molecular complexity index is 511. The molecule has 4 atom stereocenters. The van der Waals surface area contributed by atoms with Crippen molar-refractivity contribution in [1.82, 2.24) is 5.32 Å². The molecule has 0 saturated heterocycles. The Balaban J connectivity index is 1.51. The molecule has 20 heavy (non-hydrogen) atoms. The molecule has 0 radical (unpaired) electrons. The maximum atomic E-state index is 12.8. The van der Waals surface area contributed by atoms with Gasteiger partial charge in [-0.15, -0.1) is 0 Å². The summed E-state index contributed by atoms with van der Waals surface area (Å²) in [5, 5.41) is 3.11. The van der Waals surface area contributed by atoms with E-state index in [1.165, 1.54) is 19.3 Å². The summed E-state index contributed by atoms with van der Waals surface area (Å²) in [5.41, 5.74) is -0.125. The molecule has 1 aromatic rings. The van der Waals surface area contributed by atoms with E-state index in [-0.39, 0.29) is 15.6 Å². The Hall–Kier alpha value is -0.770. The number of halogens is 1. The van der Waals surface area contributed by atoms with Gasteiger partial charge in [0.15, 0.2) is 0 Å². The predicted octanol–water partition coefficient (Wildman–Crippen LogP) is 3.63. The fourth-order valence-electron chi connectivity index (χ4n) is 5.18. The highest BCUT2D eigenvalue weighted by molar-refractivity contribution is 9.10. The first-order valence-electron chi connectivity index (χ1n) is 7.57. The van der Waals surface area contributed by atoms with Crippen molar-refractivity contribution in [3.63, 3.8) is 0 Å². The van der Waals surface area contributed by atoms with Crippen LogP contribution in [-0.4, -0.2) is 10.2 Å². The van der Waals surface area contributed by atoms with E-state index in [9.17, 15) is 4.79 Å². The molecule has 1 N–H and O–H groups in total. The number of carbonyl (C=O) groups is 1. The summed E-state index contributed by atoms with van der Waals surface area (Å²) in [6, 6.07) is 3.77. The van der Waals surface area contributed by atoms with E-state index in [2.05, 4.69) is 21.2 Å². The van der Waals surface area contributed by atoms with E-state index in [4.69, 9.17) is 4.42 Å². The first-order valence-corrected chi connectivity index (χ1v) is 8.36. The molecule has 3 nitrogen and oxygen atoms in total. The molecule has 4 bridgehead atoms. The standard InChI is InChI=1S/C16H20BrNO2/c17-16-7-11-4-12(8-16)6-15(5-11,10-16)14(19)18-9-13-2-1-3-20-13/h1-3,11-12H,4-10H2,(H,18,19)/t11-,12+,15?,16?. The van der Waals surface area contributed by atoms with Crippen LogP contribution in [0.15, 0.2) is 22.8 Å². The Morgan fingerprint density at radius 2 is 2.10 bits per heavy atom. The fraction of sp³-hybridized carbons (Fsp3) is 0.688. The van der Waals surface area contributed by atoms with Gasteiger partial charge in [0.1, 0.15) is 5.76 Å². The van der Waals surface area contributed by atoms with Crippen molar-refractivity contribution in [2.24, 2.45) is 17.3 Å². The molecular weight excluding hydrogens is 318 g/mol. The molecule has 4 fully saturated rings. The van der Waals surface area contributed by atoms with Gasteiger partial charge in [-0.05, 0) is 62.5 Å². The lowest BCUT2D eigenvalue weighted by Crippen LogP contribution is -2.58. The van der Waals surface area contributed by atoms with Crippen LogP contribution in [0.4, 0.5) is 0 Å². The molecule has 2 unspecified atom stereocenters. The number of nitrogens with one attached hydrogen (secondary N) is 1. The normalized spacial score (nSPS) is 41.9. The van der Waals surface area contributed by atoms with Gasteiger partial charge in [-0.2, -0.15) is 0 Å². The van der Waals surface area contributed by atoms with Gasteiger partial charge >= 0.3 is 0 Å². The smallest absolute Gasteiger partial charge is 0.226 e. The molecule has 4 saturated carbocycles. The van der Waals surface area contributed by atoms with Gasteiger partial charge in [-0.1, -0.05) is 15.9 Å². The Kier molecular flexibility index (Phi) is 2.82. The molecule has 1 heterocycles. The number of furan rings is 1. The molecule has 1 amide bonds. The van der Waals surface area contributed by atoms with Crippen molar-refractivity contribution in [2.45, 2.75) is 49.4 Å². The Morgan fingerprint density at radius 1 is 1.35 bits per heavy atom. The van der Waals surface area contributed by atoms with E-state index in [1.807, 2.05) is 12.1 Å². The van der Waals surface area contributed by atoms with Crippen molar-refractivity contribution < 1.29 is 9.21 Å². The van der Waals surface area contributed by atoms with Crippen molar-refractivity contribution in [3.8, 4) is 0 Å². The maximum absolute atomic E-state index is 12.8. The van der Waals surface area contributed by atoms with Crippen LogP contribution in [0.25, 0.3) is 0 Å². The van der Waals surface area contributed by atoms with E-state index >= 15 is 0 Å². The highest BCUT2D eigenvalue weighted by Gasteiger charge is 2.59. The van der Waals surface area contributed by atoms with Gasteiger partial charge in [-0.3, -0.25) is 4.79 Å². The number of rotatable bonds is 3. The minimum absolute atomic E-state index is 0.125. The van der Waals surface area contributed by atoms with Crippen LogP contribution < -0.4 is 5.32 Å². The summed E-state index contributed by atoms with van der Waals surface area (Å²) in [6.07, 6.45) is 8.69. The molecule has 4 aliphatic rings. The first-order chi connectivity index (χ1) is 9.57. The van der Waals surface area contributed by atoms with Crippen molar-refractivity contribution >= 4 is 21.8 Å². The average molecular weight is 338 g/mol. The highest BCUT2D eigenvalue weighted by atomic mass is 79.9. The number of amides is 1. The molecular formula is C16H20BrNO2. The summed E-state index contributed by atoms with van der Waals surface area (Å²) in [6.45, 7) is 0.512. The second kappa shape index (κ2) is 4.36.